The first-order valence-corrected chi connectivity index (χ1v) is 12.2. The Morgan fingerprint density at radius 3 is 2.15 bits per heavy atom. The largest absolute Gasteiger partial charge is 0.460 e. The van der Waals surface area contributed by atoms with Crippen molar-refractivity contribution in [1.82, 2.24) is 10.2 Å². The molecule has 1 N–H and O–H groups in total. The zero-order chi connectivity index (χ0) is 24.6. The molecule has 0 aromatic heterocycles. The van der Waals surface area contributed by atoms with Crippen LogP contribution in [0.2, 0.25) is 0 Å². The molecule has 0 bridgehead atoms. The number of ether oxygens (including phenoxy) is 1. The Morgan fingerprint density at radius 1 is 1.00 bits per heavy atom. The molecule has 1 aromatic rings. The van der Waals surface area contributed by atoms with Gasteiger partial charge in [-0.2, -0.15) is 0 Å². The van der Waals surface area contributed by atoms with Gasteiger partial charge in [0.15, 0.2) is 0 Å². The first-order valence-electron chi connectivity index (χ1n) is 12.2. The Morgan fingerprint density at radius 2 is 1.61 bits per heavy atom. The third-order valence-electron chi connectivity index (χ3n) is 5.88. The Kier molecular flexibility index (Phi) is 9.50. The Bertz CT molecular complexity index is 787. The highest BCUT2D eigenvalue weighted by molar-refractivity contribution is 5.90. The van der Waals surface area contributed by atoms with Crippen molar-refractivity contribution < 1.29 is 19.1 Å². The molecule has 2 amide bonds. The molecule has 1 aromatic carbocycles. The van der Waals surface area contributed by atoms with Gasteiger partial charge in [0.1, 0.15) is 11.6 Å². The van der Waals surface area contributed by atoms with E-state index in [2.05, 4.69) is 17.4 Å². The molecule has 1 fully saturated rings. The van der Waals surface area contributed by atoms with Gasteiger partial charge >= 0.3 is 5.97 Å². The van der Waals surface area contributed by atoms with Crippen LogP contribution in [0.3, 0.4) is 0 Å². The number of hydrogen-bond donors (Lipinski definition) is 1. The van der Waals surface area contributed by atoms with Crippen LogP contribution in [0.1, 0.15) is 79.2 Å². The molecule has 0 spiro atoms. The second-order valence-electron chi connectivity index (χ2n) is 11.2. The number of benzene rings is 1. The van der Waals surface area contributed by atoms with Gasteiger partial charge in [-0.3, -0.25) is 14.4 Å². The number of likely N-dealkylation sites (tertiary alicyclic amines) is 1. The number of carbonyl (C=O) groups is 3. The lowest BCUT2D eigenvalue weighted by molar-refractivity contribution is -0.157. The predicted molar refractivity (Wildman–Crippen MR) is 131 cm³/mol. The number of nitrogens with one attached hydrogen (secondary N) is 1. The lowest BCUT2D eigenvalue weighted by atomic mass is 9.85. The van der Waals surface area contributed by atoms with Crippen LogP contribution in [-0.2, 0) is 25.5 Å². The monoisotopic (exact) mass is 458 g/mol. The summed E-state index contributed by atoms with van der Waals surface area (Å²) in [6.45, 7) is 12.8. The maximum atomic E-state index is 13.4. The summed E-state index contributed by atoms with van der Waals surface area (Å²) in [4.78, 5) is 40.9. The minimum Gasteiger partial charge on any atom is -0.460 e. The number of amides is 2. The van der Waals surface area contributed by atoms with E-state index >= 15 is 0 Å². The standard InChI is InChI=1S/C27H42N2O4/c1-26(2,3)23(25(32)29-17-10-11-18-29)28-24(31)21(19-22(30)33-27(4,5)6)16-12-15-20-13-8-7-9-14-20/h7-9,13-14,21,23H,10-12,15-19H2,1-6H3,(H,28,31)/t21-,23-/m1/s1. The lowest BCUT2D eigenvalue weighted by Crippen LogP contribution is -2.55. The summed E-state index contributed by atoms with van der Waals surface area (Å²) in [5.41, 5.74) is 0.156. The van der Waals surface area contributed by atoms with Crippen LogP contribution in [0.5, 0.6) is 0 Å². The fourth-order valence-electron chi connectivity index (χ4n) is 4.14. The average Bonchev–Trinajstić information content (AvgIpc) is 3.24. The lowest BCUT2D eigenvalue weighted by Gasteiger charge is -2.34. The summed E-state index contributed by atoms with van der Waals surface area (Å²) in [6.07, 6.45) is 4.15. The molecular weight excluding hydrogens is 416 g/mol. The molecule has 0 aliphatic carbocycles. The summed E-state index contributed by atoms with van der Waals surface area (Å²) in [6, 6.07) is 9.47. The highest BCUT2D eigenvalue weighted by Gasteiger charge is 2.38. The molecule has 2 rings (SSSR count). The topological polar surface area (TPSA) is 75.7 Å². The van der Waals surface area contributed by atoms with Gasteiger partial charge in [0.25, 0.3) is 0 Å². The molecule has 6 heteroatoms. The third-order valence-corrected chi connectivity index (χ3v) is 5.88. The van der Waals surface area contributed by atoms with Crippen molar-refractivity contribution in [2.45, 2.75) is 91.7 Å². The normalized spacial score (nSPS) is 16.2. The Hall–Kier alpha value is -2.37. The first kappa shape index (κ1) is 26.9. The summed E-state index contributed by atoms with van der Waals surface area (Å²) >= 11 is 0. The molecule has 1 heterocycles. The van der Waals surface area contributed by atoms with Crippen molar-refractivity contribution >= 4 is 17.8 Å². The van der Waals surface area contributed by atoms with E-state index in [0.29, 0.717) is 6.42 Å². The van der Waals surface area contributed by atoms with Crippen molar-refractivity contribution in [2.75, 3.05) is 13.1 Å². The minimum atomic E-state index is -0.627. The quantitative estimate of drug-likeness (QED) is 0.553. The van der Waals surface area contributed by atoms with Gasteiger partial charge in [-0.25, -0.2) is 0 Å². The third kappa shape index (κ3) is 9.18. The maximum absolute atomic E-state index is 13.4. The van der Waals surface area contributed by atoms with Crippen molar-refractivity contribution in [3.63, 3.8) is 0 Å². The Labute approximate surface area is 199 Å². The first-order chi connectivity index (χ1) is 15.4. The van der Waals surface area contributed by atoms with E-state index in [1.54, 1.807) is 0 Å². The highest BCUT2D eigenvalue weighted by Crippen LogP contribution is 2.25. The second kappa shape index (κ2) is 11.7. The van der Waals surface area contributed by atoms with Gasteiger partial charge in [-0.15, -0.1) is 0 Å². The summed E-state index contributed by atoms with van der Waals surface area (Å²) in [5, 5.41) is 3.01. The van der Waals surface area contributed by atoms with Gasteiger partial charge in [-0.05, 0) is 63.9 Å². The number of hydrogen-bond acceptors (Lipinski definition) is 4. The molecule has 1 aliphatic rings. The highest BCUT2D eigenvalue weighted by atomic mass is 16.6. The fraction of sp³-hybridized carbons (Fsp3) is 0.667. The number of aryl methyl sites for hydroxylation is 1. The molecule has 2 atom stereocenters. The van der Waals surface area contributed by atoms with Crippen LogP contribution >= 0.6 is 0 Å². The summed E-state index contributed by atoms with van der Waals surface area (Å²) in [5.74, 6) is -1.21. The van der Waals surface area contributed by atoms with Crippen LogP contribution in [0.15, 0.2) is 30.3 Å². The number of esters is 1. The van der Waals surface area contributed by atoms with Gasteiger partial charge in [-0.1, -0.05) is 51.1 Å². The van der Waals surface area contributed by atoms with Crippen molar-refractivity contribution in [3.8, 4) is 0 Å². The number of rotatable bonds is 9. The van der Waals surface area contributed by atoms with Gasteiger partial charge < -0.3 is 15.0 Å². The molecular formula is C27H42N2O4. The fourth-order valence-corrected chi connectivity index (χ4v) is 4.14. The van der Waals surface area contributed by atoms with Crippen molar-refractivity contribution in [2.24, 2.45) is 11.3 Å². The zero-order valence-corrected chi connectivity index (χ0v) is 21.3. The van der Waals surface area contributed by atoms with E-state index in [9.17, 15) is 14.4 Å². The molecule has 0 unspecified atom stereocenters. The molecule has 0 saturated carbocycles. The smallest absolute Gasteiger partial charge is 0.307 e. The van der Waals surface area contributed by atoms with E-state index in [0.717, 1.165) is 38.8 Å². The molecule has 1 aliphatic heterocycles. The number of nitrogens with zero attached hydrogens (tertiary/aromatic N) is 1. The average molecular weight is 459 g/mol. The molecule has 184 valence electrons. The van der Waals surface area contributed by atoms with Crippen LogP contribution in [0, 0.1) is 11.3 Å². The summed E-state index contributed by atoms with van der Waals surface area (Å²) in [7, 11) is 0. The molecule has 6 nitrogen and oxygen atoms in total. The van der Waals surface area contributed by atoms with Crippen LogP contribution in [0.25, 0.3) is 0 Å². The minimum absolute atomic E-state index is 0.00661. The molecule has 1 saturated heterocycles. The van der Waals surface area contributed by atoms with E-state index in [4.69, 9.17) is 4.74 Å². The van der Waals surface area contributed by atoms with Crippen LogP contribution in [-0.4, -0.2) is 47.4 Å². The van der Waals surface area contributed by atoms with E-state index < -0.39 is 23.0 Å². The second-order valence-corrected chi connectivity index (χ2v) is 11.2. The van der Waals surface area contributed by atoms with Gasteiger partial charge in [0.2, 0.25) is 11.8 Å². The predicted octanol–water partition coefficient (Wildman–Crippen LogP) is 4.51. The van der Waals surface area contributed by atoms with Crippen molar-refractivity contribution in [3.05, 3.63) is 35.9 Å². The van der Waals surface area contributed by atoms with Crippen LogP contribution < -0.4 is 5.32 Å². The van der Waals surface area contributed by atoms with E-state index in [1.165, 1.54) is 5.56 Å². The van der Waals surface area contributed by atoms with E-state index in [1.807, 2.05) is 64.6 Å². The Balaban J connectivity index is 2.11. The zero-order valence-electron chi connectivity index (χ0n) is 21.3. The molecule has 33 heavy (non-hydrogen) atoms. The van der Waals surface area contributed by atoms with E-state index in [-0.39, 0.29) is 24.2 Å². The SMILES string of the molecule is CC(C)(C)OC(=O)C[C@@H](CCCc1ccccc1)C(=O)N[C@H](C(=O)N1CCCC1)C(C)(C)C. The van der Waals surface area contributed by atoms with Crippen molar-refractivity contribution in [1.29, 1.82) is 0 Å². The maximum Gasteiger partial charge on any atom is 0.307 e. The summed E-state index contributed by atoms with van der Waals surface area (Å²) < 4.78 is 5.49. The number of carbonyl (C=O) groups excluding carboxylic acids is 3. The van der Waals surface area contributed by atoms with Gasteiger partial charge in [0.05, 0.1) is 6.42 Å². The van der Waals surface area contributed by atoms with Crippen LogP contribution in [0.4, 0.5) is 0 Å². The molecule has 0 radical (unpaired) electrons. The van der Waals surface area contributed by atoms with Gasteiger partial charge in [0, 0.05) is 19.0 Å².